The molecule has 0 bridgehead atoms. The van der Waals surface area contributed by atoms with Crippen molar-refractivity contribution in [2.24, 2.45) is 0 Å². The van der Waals surface area contributed by atoms with Crippen LogP contribution < -0.4 is 15.5 Å². The molecule has 2 aromatic carbocycles. The molecule has 0 aliphatic carbocycles. The summed E-state index contributed by atoms with van der Waals surface area (Å²) in [5, 5.41) is 9.63. The highest BCUT2D eigenvalue weighted by atomic mass is 32.1. The zero-order valence-corrected chi connectivity index (χ0v) is 20.1. The van der Waals surface area contributed by atoms with Crippen LogP contribution in [-0.2, 0) is 0 Å². The molecule has 1 fully saturated rings. The fourth-order valence-electron chi connectivity index (χ4n) is 4.27. The molecule has 1 aliphatic heterocycles. The molecule has 0 radical (unpaired) electrons. The second-order valence-electron chi connectivity index (χ2n) is 8.16. The predicted molar refractivity (Wildman–Crippen MR) is 137 cm³/mol. The quantitative estimate of drug-likeness (QED) is 0.471. The van der Waals surface area contributed by atoms with E-state index in [-0.39, 0.29) is 17.9 Å². The van der Waals surface area contributed by atoms with Crippen LogP contribution in [0, 0.1) is 12.7 Å². The van der Waals surface area contributed by atoms with E-state index in [0.717, 1.165) is 43.1 Å². The van der Waals surface area contributed by atoms with E-state index in [1.165, 1.54) is 17.0 Å². The Kier molecular flexibility index (Phi) is 7.40. The Morgan fingerprint density at radius 3 is 2.38 bits per heavy atom. The minimum absolute atomic E-state index is 0.134. The van der Waals surface area contributed by atoms with Gasteiger partial charge < -0.3 is 15.5 Å². The number of aryl methyl sites for hydroxylation is 1. The van der Waals surface area contributed by atoms with Crippen LogP contribution in [0.4, 0.5) is 15.8 Å². The van der Waals surface area contributed by atoms with Crippen LogP contribution in [0.5, 0.6) is 0 Å². The monoisotopic (exact) mass is 468 g/mol. The van der Waals surface area contributed by atoms with E-state index < -0.39 is 0 Å². The largest absolute Gasteiger partial charge is 0.369 e. The molecule has 4 rings (SSSR count). The van der Waals surface area contributed by atoms with Gasteiger partial charge in [0.1, 0.15) is 5.82 Å². The smallest absolute Gasteiger partial charge is 0.171 e. The van der Waals surface area contributed by atoms with Crippen LogP contribution in [0.2, 0.25) is 0 Å². The Bertz CT molecular complexity index is 1010. The van der Waals surface area contributed by atoms with Crippen LogP contribution in [0.25, 0.3) is 0 Å². The van der Waals surface area contributed by atoms with Gasteiger partial charge in [0.25, 0.3) is 0 Å². The number of benzene rings is 2. The number of thiocarbonyl (C=S) groups is 1. The normalized spacial score (nSPS) is 16.4. The fraction of sp³-hybridized carbons (Fsp3) is 0.320. The molecule has 0 spiro atoms. The summed E-state index contributed by atoms with van der Waals surface area (Å²) in [6, 6.07) is 19.6. The summed E-state index contributed by atoms with van der Waals surface area (Å²) in [5.41, 5.74) is 3.27. The molecule has 1 aliphatic rings. The number of anilines is 2. The number of piperazine rings is 1. The first kappa shape index (κ1) is 22.7. The molecule has 7 heteroatoms. The van der Waals surface area contributed by atoms with E-state index in [0.29, 0.717) is 5.11 Å². The molecule has 32 heavy (non-hydrogen) atoms. The molecule has 2 heterocycles. The second kappa shape index (κ2) is 10.4. The molecular formula is C25H29FN4S2. The average Bonchev–Trinajstić information content (AvgIpc) is 3.31. The van der Waals surface area contributed by atoms with E-state index in [1.807, 2.05) is 30.3 Å². The second-order valence-corrected chi connectivity index (χ2v) is 9.55. The molecule has 3 aromatic rings. The van der Waals surface area contributed by atoms with Crippen molar-refractivity contribution in [3.8, 4) is 0 Å². The third-order valence-corrected chi connectivity index (χ3v) is 7.12. The average molecular weight is 469 g/mol. The Hall–Kier alpha value is -2.48. The fourth-order valence-corrected chi connectivity index (χ4v) is 5.53. The van der Waals surface area contributed by atoms with Crippen molar-refractivity contribution in [2.75, 3.05) is 36.4 Å². The van der Waals surface area contributed by atoms with E-state index in [9.17, 15) is 4.39 Å². The predicted octanol–water partition coefficient (Wildman–Crippen LogP) is 5.43. The number of nitrogens with one attached hydrogen (secondary N) is 2. The SMILES string of the molecule is Cc1ccccc1NC(=S)N[C@@H](C)[C@@H](c1cccs1)N1CCN(c2ccc(F)cc2)CC1. The number of nitrogens with zero attached hydrogens (tertiary/aromatic N) is 2. The zero-order valence-electron chi connectivity index (χ0n) is 18.4. The van der Waals surface area contributed by atoms with Gasteiger partial charge in [-0.1, -0.05) is 24.3 Å². The van der Waals surface area contributed by atoms with Gasteiger partial charge in [0.15, 0.2) is 5.11 Å². The van der Waals surface area contributed by atoms with Gasteiger partial charge in [0.2, 0.25) is 0 Å². The molecule has 0 unspecified atom stereocenters. The first-order valence-electron chi connectivity index (χ1n) is 10.9. The van der Waals surface area contributed by atoms with Crippen molar-refractivity contribution < 1.29 is 4.39 Å². The topological polar surface area (TPSA) is 30.5 Å². The Balaban J connectivity index is 1.42. The maximum absolute atomic E-state index is 13.3. The summed E-state index contributed by atoms with van der Waals surface area (Å²) in [5.74, 6) is -0.194. The molecule has 0 saturated carbocycles. The molecule has 2 N–H and O–H groups in total. The molecule has 2 atom stereocenters. The first-order chi connectivity index (χ1) is 15.5. The molecule has 1 aromatic heterocycles. The van der Waals surface area contributed by atoms with Crippen molar-refractivity contribution in [1.29, 1.82) is 0 Å². The number of halogens is 1. The van der Waals surface area contributed by atoms with Crippen LogP contribution in [0.3, 0.4) is 0 Å². The van der Waals surface area contributed by atoms with Gasteiger partial charge in [0.05, 0.1) is 6.04 Å². The molecule has 1 saturated heterocycles. The number of thiophene rings is 1. The van der Waals surface area contributed by atoms with E-state index in [4.69, 9.17) is 12.2 Å². The lowest BCUT2D eigenvalue weighted by molar-refractivity contribution is 0.163. The molecule has 4 nitrogen and oxygen atoms in total. The van der Waals surface area contributed by atoms with Crippen LogP contribution >= 0.6 is 23.6 Å². The summed E-state index contributed by atoms with van der Waals surface area (Å²) >= 11 is 7.42. The summed E-state index contributed by atoms with van der Waals surface area (Å²) in [4.78, 5) is 6.18. The zero-order chi connectivity index (χ0) is 22.5. The number of hydrogen-bond acceptors (Lipinski definition) is 4. The van der Waals surface area contributed by atoms with Crippen molar-refractivity contribution in [3.63, 3.8) is 0 Å². The maximum Gasteiger partial charge on any atom is 0.171 e. The van der Waals surface area contributed by atoms with Crippen molar-refractivity contribution in [1.82, 2.24) is 10.2 Å². The van der Waals surface area contributed by atoms with Crippen LogP contribution in [0.15, 0.2) is 66.0 Å². The first-order valence-corrected chi connectivity index (χ1v) is 12.2. The van der Waals surface area contributed by atoms with Crippen LogP contribution in [0.1, 0.15) is 23.4 Å². The van der Waals surface area contributed by atoms with E-state index >= 15 is 0 Å². The highest BCUT2D eigenvalue weighted by Gasteiger charge is 2.30. The summed E-state index contributed by atoms with van der Waals surface area (Å²) < 4.78 is 13.3. The Labute approximate surface area is 199 Å². The lowest BCUT2D eigenvalue weighted by Gasteiger charge is -2.42. The summed E-state index contributed by atoms with van der Waals surface area (Å²) in [7, 11) is 0. The Morgan fingerprint density at radius 1 is 1.00 bits per heavy atom. The third kappa shape index (κ3) is 5.46. The Morgan fingerprint density at radius 2 is 1.72 bits per heavy atom. The van der Waals surface area contributed by atoms with Gasteiger partial charge in [0, 0.05) is 48.5 Å². The standard InChI is InChI=1S/C25H29FN4S2/c1-18-6-3-4-7-22(18)28-25(31)27-19(2)24(23-8-5-17-32-23)30-15-13-29(14-16-30)21-11-9-20(26)10-12-21/h3-12,17,19,24H,13-16H2,1-2H3,(H2,27,28,31)/t19-,24-/m0/s1. The van der Waals surface area contributed by atoms with Crippen molar-refractivity contribution in [2.45, 2.75) is 25.9 Å². The third-order valence-electron chi connectivity index (χ3n) is 5.96. The molecule has 0 amide bonds. The van der Waals surface area contributed by atoms with Gasteiger partial charge in [-0.15, -0.1) is 11.3 Å². The summed E-state index contributed by atoms with van der Waals surface area (Å²) in [6.07, 6.45) is 0. The highest BCUT2D eigenvalue weighted by molar-refractivity contribution is 7.80. The van der Waals surface area contributed by atoms with E-state index in [2.05, 4.69) is 57.9 Å². The highest BCUT2D eigenvalue weighted by Crippen LogP contribution is 2.30. The van der Waals surface area contributed by atoms with Gasteiger partial charge in [-0.3, -0.25) is 4.90 Å². The van der Waals surface area contributed by atoms with E-state index in [1.54, 1.807) is 11.3 Å². The molecule has 168 valence electrons. The maximum atomic E-state index is 13.3. The van der Waals surface area contributed by atoms with Gasteiger partial charge >= 0.3 is 0 Å². The minimum atomic E-state index is -0.194. The molecular weight excluding hydrogens is 439 g/mol. The van der Waals surface area contributed by atoms with Gasteiger partial charge in [-0.2, -0.15) is 0 Å². The van der Waals surface area contributed by atoms with Crippen LogP contribution in [-0.4, -0.2) is 42.2 Å². The lowest BCUT2D eigenvalue weighted by Crippen LogP contribution is -2.52. The van der Waals surface area contributed by atoms with Gasteiger partial charge in [-0.05, 0) is 73.4 Å². The number of hydrogen-bond donors (Lipinski definition) is 2. The number of para-hydroxylation sites is 1. The minimum Gasteiger partial charge on any atom is -0.369 e. The summed E-state index contributed by atoms with van der Waals surface area (Å²) in [6.45, 7) is 7.96. The van der Waals surface area contributed by atoms with Gasteiger partial charge in [-0.25, -0.2) is 4.39 Å². The lowest BCUT2D eigenvalue weighted by atomic mass is 10.0. The van der Waals surface area contributed by atoms with Crippen molar-refractivity contribution in [3.05, 3.63) is 82.3 Å². The van der Waals surface area contributed by atoms with Crippen molar-refractivity contribution >= 4 is 40.0 Å². The number of rotatable bonds is 6.